The fraction of sp³-hybridized carbons (Fsp3) is 0.200. The first-order valence-corrected chi connectivity index (χ1v) is 4.51. The zero-order chi connectivity index (χ0) is 13.7. The van der Waals surface area contributed by atoms with Crippen LogP contribution in [0, 0.1) is 40.9 Å². The summed E-state index contributed by atoms with van der Waals surface area (Å²) in [4.78, 5) is 2.39. The Morgan fingerprint density at radius 3 is 1.94 bits per heavy atom. The molecule has 0 radical (unpaired) electrons. The Labute approximate surface area is 97.9 Å². The molecule has 0 aliphatic rings. The molecule has 0 unspecified atom stereocenters. The summed E-state index contributed by atoms with van der Waals surface area (Å²) >= 11 is 0. The van der Waals surface area contributed by atoms with Crippen LogP contribution in [-0.2, 0) is 0 Å². The van der Waals surface area contributed by atoms with Crippen LogP contribution in [0.4, 0.5) is 22.0 Å². The molecule has 94 valence electrons. The Kier molecular flexibility index (Phi) is 4.52. The maximum Gasteiger partial charge on any atom is 0.200 e. The van der Waals surface area contributed by atoms with Gasteiger partial charge in [-0.05, 0) is 5.53 Å². The Hall–Kier alpha value is -2.26. The van der Waals surface area contributed by atoms with Crippen LogP contribution < -0.4 is 0 Å². The second-order valence-corrected chi connectivity index (χ2v) is 2.95. The van der Waals surface area contributed by atoms with Crippen molar-refractivity contribution in [3.63, 3.8) is 0 Å². The Morgan fingerprint density at radius 2 is 1.44 bits per heavy atom. The van der Waals surface area contributed by atoms with Crippen LogP contribution in [0.2, 0.25) is 0 Å². The number of halogens is 5. The molecule has 1 rings (SSSR count). The highest BCUT2D eigenvalue weighted by molar-refractivity contribution is 5.38. The van der Waals surface area contributed by atoms with Crippen molar-refractivity contribution in [2.24, 2.45) is 5.11 Å². The van der Waals surface area contributed by atoms with Crippen molar-refractivity contribution in [2.45, 2.75) is 6.42 Å². The van der Waals surface area contributed by atoms with Crippen molar-refractivity contribution in [2.75, 3.05) is 6.54 Å². The number of hydrogen-bond donors (Lipinski definition) is 0. The first-order valence-electron chi connectivity index (χ1n) is 4.51. The monoisotopic (exact) mass is 261 g/mol. The lowest BCUT2D eigenvalue weighted by Gasteiger charge is -2.02. The van der Waals surface area contributed by atoms with Crippen LogP contribution in [0.25, 0.3) is 10.4 Å². The van der Waals surface area contributed by atoms with E-state index in [1.807, 2.05) is 5.92 Å². The normalized spacial score (nSPS) is 9.39. The van der Waals surface area contributed by atoms with Gasteiger partial charge in [0.25, 0.3) is 0 Å². The van der Waals surface area contributed by atoms with Crippen molar-refractivity contribution in [3.8, 4) is 11.8 Å². The Morgan fingerprint density at radius 1 is 0.944 bits per heavy atom. The van der Waals surface area contributed by atoms with Crippen molar-refractivity contribution in [1.82, 2.24) is 0 Å². The molecule has 0 saturated carbocycles. The molecule has 0 aliphatic carbocycles. The highest BCUT2D eigenvalue weighted by atomic mass is 19.2. The van der Waals surface area contributed by atoms with Gasteiger partial charge in [0.15, 0.2) is 23.3 Å². The van der Waals surface area contributed by atoms with Gasteiger partial charge in [-0.15, -0.1) is 0 Å². The van der Waals surface area contributed by atoms with Crippen LogP contribution in [0.1, 0.15) is 12.0 Å². The summed E-state index contributed by atoms with van der Waals surface area (Å²) in [6.07, 6.45) is -0.0659. The summed E-state index contributed by atoms with van der Waals surface area (Å²) in [7, 11) is 0. The molecule has 0 N–H and O–H groups in total. The van der Waals surface area contributed by atoms with Gasteiger partial charge in [-0.1, -0.05) is 17.0 Å². The van der Waals surface area contributed by atoms with Gasteiger partial charge in [-0.2, -0.15) is 0 Å². The van der Waals surface area contributed by atoms with E-state index in [0.29, 0.717) is 0 Å². The second kappa shape index (κ2) is 5.89. The molecular formula is C10H4F5N3. The molecule has 3 nitrogen and oxygen atoms in total. The van der Waals surface area contributed by atoms with Crippen LogP contribution in [-0.4, -0.2) is 6.54 Å². The number of benzene rings is 1. The van der Waals surface area contributed by atoms with Crippen LogP contribution >= 0.6 is 0 Å². The van der Waals surface area contributed by atoms with Gasteiger partial charge in [0.1, 0.15) is 5.56 Å². The van der Waals surface area contributed by atoms with E-state index < -0.39 is 34.6 Å². The summed E-state index contributed by atoms with van der Waals surface area (Å²) < 4.78 is 64.3. The predicted octanol–water partition coefficient (Wildman–Crippen LogP) is 3.43. The predicted molar refractivity (Wildman–Crippen MR) is 51.7 cm³/mol. The molecular weight excluding hydrogens is 257 g/mol. The standard InChI is InChI=1S/C10H4F5N3/c11-6-5(3-1-2-4-17-18-16)7(12)9(14)10(15)8(6)13/h2,4H2. The van der Waals surface area contributed by atoms with Gasteiger partial charge in [0.05, 0.1) is 0 Å². The van der Waals surface area contributed by atoms with Crippen LogP contribution in [0.5, 0.6) is 0 Å². The molecule has 1 aromatic carbocycles. The summed E-state index contributed by atoms with van der Waals surface area (Å²) in [5.41, 5.74) is 6.72. The first kappa shape index (κ1) is 13.8. The molecule has 0 fully saturated rings. The summed E-state index contributed by atoms with van der Waals surface area (Å²) in [6, 6.07) is 0. The highest BCUT2D eigenvalue weighted by Gasteiger charge is 2.24. The SMILES string of the molecule is [N-]=[N+]=NCCC#Cc1c(F)c(F)c(F)c(F)c1F. The molecule has 0 saturated heterocycles. The molecule has 18 heavy (non-hydrogen) atoms. The minimum absolute atomic E-state index is 0.0659. The topological polar surface area (TPSA) is 48.8 Å². The lowest BCUT2D eigenvalue weighted by atomic mass is 10.1. The largest absolute Gasteiger partial charge is 0.202 e. The number of azide groups is 1. The van der Waals surface area contributed by atoms with Crippen molar-refractivity contribution in [1.29, 1.82) is 0 Å². The van der Waals surface area contributed by atoms with E-state index in [1.54, 1.807) is 0 Å². The van der Waals surface area contributed by atoms with Crippen LogP contribution in [0.3, 0.4) is 0 Å². The highest BCUT2D eigenvalue weighted by Crippen LogP contribution is 2.22. The third-order valence-electron chi connectivity index (χ3n) is 1.82. The van der Waals surface area contributed by atoms with Gasteiger partial charge in [0, 0.05) is 17.9 Å². The smallest absolute Gasteiger partial charge is 0.200 e. The van der Waals surface area contributed by atoms with Gasteiger partial charge in [-0.3, -0.25) is 0 Å². The van der Waals surface area contributed by atoms with E-state index in [1.165, 1.54) is 0 Å². The molecule has 0 bridgehead atoms. The molecule has 0 spiro atoms. The van der Waals surface area contributed by atoms with Gasteiger partial charge in [-0.25, -0.2) is 22.0 Å². The van der Waals surface area contributed by atoms with E-state index >= 15 is 0 Å². The molecule has 0 aromatic heterocycles. The molecule has 0 aliphatic heterocycles. The molecule has 1 aromatic rings. The van der Waals surface area contributed by atoms with Gasteiger partial charge in [0.2, 0.25) is 5.82 Å². The third-order valence-corrected chi connectivity index (χ3v) is 1.82. The van der Waals surface area contributed by atoms with E-state index in [9.17, 15) is 22.0 Å². The lowest BCUT2D eigenvalue weighted by Crippen LogP contribution is -2.04. The fourth-order valence-electron chi connectivity index (χ4n) is 1.02. The minimum atomic E-state index is -2.23. The minimum Gasteiger partial charge on any atom is -0.202 e. The van der Waals surface area contributed by atoms with Crippen LogP contribution in [0.15, 0.2) is 5.11 Å². The van der Waals surface area contributed by atoms with Crippen molar-refractivity contribution in [3.05, 3.63) is 45.1 Å². The van der Waals surface area contributed by atoms with Gasteiger partial charge < -0.3 is 0 Å². The number of rotatable bonds is 2. The molecule has 0 amide bonds. The maximum atomic E-state index is 13.1. The average Bonchev–Trinajstić information content (AvgIpc) is 2.37. The molecule has 0 atom stereocenters. The Balaban J connectivity index is 3.13. The molecule has 0 heterocycles. The number of nitrogens with zero attached hydrogens (tertiary/aromatic N) is 3. The zero-order valence-corrected chi connectivity index (χ0v) is 8.65. The summed E-state index contributed by atoms with van der Waals surface area (Å²) in [5, 5.41) is 3.08. The number of hydrogen-bond acceptors (Lipinski definition) is 1. The lowest BCUT2D eigenvalue weighted by molar-refractivity contribution is 0.376. The first-order chi connectivity index (χ1) is 8.50. The van der Waals surface area contributed by atoms with E-state index in [-0.39, 0.29) is 13.0 Å². The summed E-state index contributed by atoms with van der Waals surface area (Å²) in [5.74, 6) is -6.33. The second-order valence-electron chi connectivity index (χ2n) is 2.95. The summed E-state index contributed by atoms with van der Waals surface area (Å²) in [6.45, 7) is -0.0705. The zero-order valence-electron chi connectivity index (χ0n) is 8.65. The maximum absolute atomic E-state index is 13.1. The quantitative estimate of drug-likeness (QED) is 0.114. The molecule has 8 heteroatoms. The Bertz CT molecular complexity index is 552. The average molecular weight is 261 g/mol. The van der Waals surface area contributed by atoms with Crippen molar-refractivity contribution < 1.29 is 22.0 Å². The van der Waals surface area contributed by atoms with Crippen molar-refractivity contribution >= 4 is 0 Å². The van der Waals surface area contributed by atoms with E-state index in [2.05, 4.69) is 15.9 Å². The van der Waals surface area contributed by atoms with E-state index in [4.69, 9.17) is 5.53 Å². The van der Waals surface area contributed by atoms with Gasteiger partial charge >= 0.3 is 0 Å². The third kappa shape index (κ3) is 2.70. The fourth-order valence-corrected chi connectivity index (χ4v) is 1.02. The van der Waals surface area contributed by atoms with E-state index in [0.717, 1.165) is 0 Å².